The van der Waals surface area contributed by atoms with E-state index in [0.717, 1.165) is 32.0 Å². The maximum atomic E-state index is 11.6. The highest BCUT2D eigenvalue weighted by atomic mass is 16.5. The SMILES string of the molecule is COC(=O)/C=C/C(=O)NC12CCC1CNC2. The molecule has 0 radical (unpaired) electrons. The molecule has 1 saturated carbocycles. The summed E-state index contributed by atoms with van der Waals surface area (Å²) in [4.78, 5) is 22.4. The fourth-order valence-electron chi connectivity index (χ4n) is 2.40. The van der Waals surface area contributed by atoms with Crippen LogP contribution in [-0.2, 0) is 14.3 Å². The number of hydrogen-bond acceptors (Lipinski definition) is 4. The molecule has 5 nitrogen and oxygen atoms in total. The van der Waals surface area contributed by atoms with Gasteiger partial charge < -0.3 is 15.4 Å². The van der Waals surface area contributed by atoms with Crippen molar-refractivity contribution in [1.82, 2.24) is 10.6 Å². The summed E-state index contributed by atoms with van der Waals surface area (Å²) in [7, 11) is 1.28. The molecule has 1 amide bonds. The summed E-state index contributed by atoms with van der Waals surface area (Å²) in [6, 6.07) is 0. The van der Waals surface area contributed by atoms with Crippen molar-refractivity contribution in [3.05, 3.63) is 12.2 Å². The average molecular weight is 224 g/mol. The first kappa shape index (κ1) is 11.1. The number of esters is 1. The molecular formula is C11H16N2O3. The Balaban J connectivity index is 1.88. The van der Waals surface area contributed by atoms with Gasteiger partial charge in [-0.15, -0.1) is 0 Å². The number of ether oxygens (including phenoxy) is 1. The van der Waals surface area contributed by atoms with E-state index in [-0.39, 0.29) is 11.4 Å². The molecule has 0 spiro atoms. The number of fused-ring (bicyclic) bond motifs is 1. The molecule has 0 aromatic heterocycles. The number of amides is 1. The largest absolute Gasteiger partial charge is 0.466 e. The van der Waals surface area contributed by atoms with Crippen molar-refractivity contribution in [1.29, 1.82) is 0 Å². The van der Waals surface area contributed by atoms with Gasteiger partial charge in [0.1, 0.15) is 0 Å². The van der Waals surface area contributed by atoms with E-state index in [9.17, 15) is 9.59 Å². The van der Waals surface area contributed by atoms with Gasteiger partial charge in [0.15, 0.2) is 0 Å². The van der Waals surface area contributed by atoms with Crippen LogP contribution in [-0.4, -0.2) is 37.6 Å². The first-order chi connectivity index (χ1) is 7.66. The van der Waals surface area contributed by atoms with Crippen LogP contribution in [0.2, 0.25) is 0 Å². The van der Waals surface area contributed by atoms with Gasteiger partial charge in [-0.2, -0.15) is 0 Å². The Morgan fingerprint density at radius 1 is 1.50 bits per heavy atom. The monoisotopic (exact) mass is 224 g/mol. The van der Waals surface area contributed by atoms with Crippen LogP contribution in [0.4, 0.5) is 0 Å². The lowest BCUT2D eigenvalue weighted by atomic mass is 9.69. The van der Waals surface area contributed by atoms with E-state index >= 15 is 0 Å². The highest BCUT2D eigenvalue weighted by Gasteiger charge is 2.50. The van der Waals surface area contributed by atoms with E-state index in [1.807, 2.05) is 0 Å². The first-order valence-electron chi connectivity index (χ1n) is 5.45. The Bertz CT molecular complexity index is 340. The Kier molecular flexibility index (Phi) is 2.96. The highest BCUT2D eigenvalue weighted by Crippen LogP contribution is 2.40. The van der Waals surface area contributed by atoms with Gasteiger partial charge in [-0.1, -0.05) is 0 Å². The van der Waals surface area contributed by atoms with Crippen LogP contribution >= 0.6 is 0 Å². The summed E-state index contributed by atoms with van der Waals surface area (Å²) < 4.78 is 4.41. The lowest BCUT2D eigenvalue weighted by Crippen LogP contribution is -2.59. The second-order valence-corrected chi connectivity index (χ2v) is 4.37. The van der Waals surface area contributed by atoms with Crippen LogP contribution in [0.5, 0.6) is 0 Å². The second-order valence-electron chi connectivity index (χ2n) is 4.37. The molecule has 0 aromatic rings. The molecule has 5 heteroatoms. The fraction of sp³-hybridized carbons (Fsp3) is 0.636. The highest BCUT2D eigenvalue weighted by molar-refractivity contribution is 5.94. The summed E-state index contributed by atoms with van der Waals surface area (Å²) in [5, 5.41) is 6.25. The van der Waals surface area contributed by atoms with Crippen LogP contribution in [0.3, 0.4) is 0 Å². The third kappa shape index (κ3) is 1.95. The van der Waals surface area contributed by atoms with Crippen LogP contribution in [0, 0.1) is 5.92 Å². The summed E-state index contributed by atoms with van der Waals surface area (Å²) in [6.07, 6.45) is 4.55. The van der Waals surface area contributed by atoms with Gasteiger partial charge in [0.05, 0.1) is 12.6 Å². The molecule has 1 aliphatic heterocycles. The quantitative estimate of drug-likeness (QED) is 0.505. The van der Waals surface area contributed by atoms with Gasteiger partial charge in [-0.05, 0) is 18.8 Å². The molecule has 2 atom stereocenters. The van der Waals surface area contributed by atoms with Crippen molar-refractivity contribution in [2.75, 3.05) is 20.2 Å². The molecule has 1 aliphatic carbocycles. The minimum absolute atomic E-state index is 0.0719. The van der Waals surface area contributed by atoms with E-state index in [0.29, 0.717) is 5.92 Å². The van der Waals surface area contributed by atoms with Crippen molar-refractivity contribution in [3.63, 3.8) is 0 Å². The molecular weight excluding hydrogens is 208 g/mol. The Hall–Kier alpha value is -1.36. The molecule has 88 valence electrons. The number of carbonyl (C=O) groups is 2. The third-order valence-corrected chi connectivity index (χ3v) is 3.50. The number of nitrogens with one attached hydrogen (secondary N) is 2. The Morgan fingerprint density at radius 3 is 2.88 bits per heavy atom. The molecule has 1 heterocycles. The van der Waals surface area contributed by atoms with Crippen LogP contribution in [0.15, 0.2) is 12.2 Å². The standard InChI is InChI=1S/C11H16N2O3/c1-16-10(15)3-2-9(14)13-11-5-4-8(11)6-12-7-11/h2-3,8,12H,4-7H2,1H3,(H,13,14)/b3-2+. The minimum atomic E-state index is -0.512. The summed E-state index contributed by atoms with van der Waals surface area (Å²) >= 11 is 0. The smallest absolute Gasteiger partial charge is 0.330 e. The maximum absolute atomic E-state index is 11.6. The molecule has 0 aromatic carbocycles. The van der Waals surface area contributed by atoms with E-state index < -0.39 is 5.97 Å². The van der Waals surface area contributed by atoms with Crippen LogP contribution < -0.4 is 10.6 Å². The van der Waals surface area contributed by atoms with E-state index in [1.54, 1.807) is 0 Å². The van der Waals surface area contributed by atoms with E-state index in [2.05, 4.69) is 15.4 Å². The lowest BCUT2D eigenvalue weighted by molar-refractivity contribution is -0.135. The third-order valence-electron chi connectivity index (χ3n) is 3.50. The topological polar surface area (TPSA) is 67.4 Å². The van der Waals surface area contributed by atoms with Crippen LogP contribution in [0.1, 0.15) is 12.8 Å². The number of carbonyl (C=O) groups excluding carboxylic acids is 2. The van der Waals surface area contributed by atoms with Gasteiger partial charge in [-0.25, -0.2) is 4.79 Å². The Morgan fingerprint density at radius 2 is 2.31 bits per heavy atom. The van der Waals surface area contributed by atoms with Crippen molar-refractivity contribution < 1.29 is 14.3 Å². The number of methoxy groups -OCH3 is 1. The zero-order chi connectivity index (χ0) is 11.6. The fourth-order valence-corrected chi connectivity index (χ4v) is 2.40. The van der Waals surface area contributed by atoms with Gasteiger partial charge in [0.25, 0.3) is 0 Å². The summed E-state index contributed by atoms with van der Waals surface area (Å²) in [5.74, 6) is -0.191. The zero-order valence-corrected chi connectivity index (χ0v) is 9.29. The normalized spacial score (nSPS) is 31.9. The van der Waals surface area contributed by atoms with E-state index in [1.165, 1.54) is 13.2 Å². The predicted octanol–water partition coefficient (Wildman–Crippen LogP) is -0.416. The lowest BCUT2D eigenvalue weighted by Gasteiger charge is -2.44. The average Bonchev–Trinajstić information content (AvgIpc) is 2.53. The zero-order valence-electron chi connectivity index (χ0n) is 9.29. The van der Waals surface area contributed by atoms with Gasteiger partial charge in [0, 0.05) is 25.2 Å². The first-order valence-corrected chi connectivity index (χ1v) is 5.45. The maximum Gasteiger partial charge on any atom is 0.330 e. The van der Waals surface area contributed by atoms with Crippen molar-refractivity contribution >= 4 is 11.9 Å². The van der Waals surface area contributed by atoms with Crippen molar-refractivity contribution in [2.45, 2.75) is 18.4 Å². The molecule has 1 saturated heterocycles. The minimum Gasteiger partial charge on any atom is -0.466 e. The molecule has 16 heavy (non-hydrogen) atoms. The van der Waals surface area contributed by atoms with Crippen molar-refractivity contribution in [3.8, 4) is 0 Å². The molecule has 2 fully saturated rings. The molecule has 2 N–H and O–H groups in total. The second kappa shape index (κ2) is 4.25. The summed E-state index contributed by atoms with van der Waals surface area (Å²) in [6.45, 7) is 1.80. The Labute approximate surface area is 94.2 Å². The number of hydrogen-bond donors (Lipinski definition) is 2. The van der Waals surface area contributed by atoms with Gasteiger partial charge in [0.2, 0.25) is 5.91 Å². The molecule has 2 rings (SSSR count). The molecule has 2 unspecified atom stereocenters. The van der Waals surface area contributed by atoms with Crippen LogP contribution in [0.25, 0.3) is 0 Å². The van der Waals surface area contributed by atoms with Gasteiger partial charge in [-0.3, -0.25) is 4.79 Å². The number of rotatable bonds is 3. The van der Waals surface area contributed by atoms with Gasteiger partial charge >= 0.3 is 5.97 Å². The molecule has 0 bridgehead atoms. The van der Waals surface area contributed by atoms with E-state index in [4.69, 9.17) is 0 Å². The molecule has 2 aliphatic rings. The van der Waals surface area contributed by atoms with Crippen molar-refractivity contribution in [2.24, 2.45) is 5.92 Å². The summed E-state index contributed by atoms with van der Waals surface area (Å²) in [5.41, 5.74) is -0.0719. The predicted molar refractivity (Wildman–Crippen MR) is 57.6 cm³/mol.